The first kappa shape index (κ1) is 14.3. The Labute approximate surface area is 127 Å². The first-order valence-corrected chi connectivity index (χ1v) is 8.06. The molecule has 0 amide bonds. The van der Waals surface area contributed by atoms with E-state index >= 15 is 0 Å². The average Bonchev–Trinajstić information content (AvgIpc) is 2.95. The second-order valence-electron chi connectivity index (χ2n) is 6.10. The van der Waals surface area contributed by atoms with E-state index in [2.05, 4.69) is 58.0 Å². The van der Waals surface area contributed by atoms with Gasteiger partial charge in [0.2, 0.25) is 0 Å². The van der Waals surface area contributed by atoms with Gasteiger partial charge in [-0.2, -0.15) is 0 Å². The number of likely N-dealkylation sites (tertiary alicyclic amines) is 1. The van der Waals surface area contributed by atoms with Crippen LogP contribution in [0, 0.1) is 0 Å². The number of aryl methyl sites for hydroxylation is 2. The second-order valence-corrected chi connectivity index (χ2v) is 6.10. The highest BCUT2D eigenvalue weighted by molar-refractivity contribution is 5.14. The lowest BCUT2D eigenvalue weighted by atomic mass is 9.95. The zero-order chi connectivity index (χ0) is 14.5. The minimum Gasteiger partial charge on any atom is -0.338 e. The molecular formula is C18H25N3. The fourth-order valence-electron chi connectivity index (χ4n) is 3.34. The molecule has 1 aromatic carbocycles. The van der Waals surface area contributed by atoms with Crippen LogP contribution in [0.15, 0.2) is 42.7 Å². The Hall–Kier alpha value is -1.61. The third kappa shape index (κ3) is 3.73. The molecule has 0 bridgehead atoms. The van der Waals surface area contributed by atoms with Crippen LogP contribution in [0.2, 0.25) is 0 Å². The average molecular weight is 283 g/mol. The molecule has 3 heteroatoms. The summed E-state index contributed by atoms with van der Waals surface area (Å²) in [5.74, 6) is 1.91. The zero-order valence-corrected chi connectivity index (χ0v) is 12.9. The van der Waals surface area contributed by atoms with Crippen LogP contribution in [-0.4, -0.2) is 34.1 Å². The van der Waals surface area contributed by atoms with Gasteiger partial charge in [0.25, 0.3) is 0 Å². The van der Waals surface area contributed by atoms with Crippen molar-refractivity contribution < 1.29 is 0 Å². The molecule has 1 aliphatic rings. The number of aromatic nitrogens is 2. The molecule has 1 saturated heterocycles. The summed E-state index contributed by atoms with van der Waals surface area (Å²) in [5.41, 5.74) is 1.46. The van der Waals surface area contributed by atoms with Crippen molar-refractivity contribution in [2.45, 2.75) is 31.6 Å². The largest absolute Gasteiger partial charge is 0.338 e. The summed E-state index contributed by atoms with van der Waals surface area (Å²) >= 11 is 0. The second kappa shape index (κ2) is 6.90. The van der Waals surface area contributed by atoms with Crippen molar-refractivity contribution >= 4 is 0 Å². The molecule has 2 heterocycles. The Bertz CT molecular complexity index is 539. The Morgan fingerprint density at radius 2 is 1.90 bits per heavy atom. The van der Waals surface area contributed by atoms with E-state index in [1.54, 1.807) is 0 Å². The molecule has 21 heavy (non-hydrogen) atoms. The van der Waals surface area contributed by atoms with Crippen molar-refractivity contribution in [3.8, 4) is 0 Å². The van der Waals surface area contributed by atoms with Crippen molar-refractivity contribution in [3.63, 3.8) is 0 Å². The lowest BCUT2D eigenvalue weighted by Gasteiger charge is -2.31. The Morgan fingerprint density at radius 1 is 1.14 bits per heavy atom. The molecule has 0 atom stereocenters. The van der Waals surface area contributed by atoms with E-state index in [0.29, 0.717) is 5.92 Å². The minimum absolute atomic E-state index is 0.648. The van der Waals surface area contributed by atoms with E-state index in [4.69, 9.17) is 0 Å². The van der Waals surface area contributed by atoms with Crippen LogP contribution in [0.1, 0.15) is 36.6 Å². The van der Waals surface area contributed by atoms with Crippen LogP contribution < -0.4 is 0 Å². The Balaban J connectivity index is 1.41. The molecule has 1 aliphatic heterocycles. The fraction of sp³-hybridized carbons (Fsp3) is 0.500. The predicted octanol–water partition coefficient (Wildman–Crippen LogP) is 3.23. The van der Waals surface area contributed by atoms with E-state index in [-0.39, 0.29) is 0 Å². The quantitative estimate of drug-likeness (QED) is 0.840. The maximum Gasteiger partial charge on any atom is 0.111 e. The first-order valence-electron chi connectivity index (χ1n) is 8.06. The van der Waals surface area contributed by atoms with Crippen LogP contribution in [-0.2, 0) is 13.5 Å². The van der Waals surface area contributed by atoms with Crippen molar-refractivity contribution in [2.24, 2.45) is 7.05 Å². The van der Waals surface area contributed by atoms with E-state index < -0.39 is 0 Å². The highest BCUT2D eigenvalue weighted by atomic mass is 15.1. The van der Waals surface area contributed by atoms with Gasteiger partial charge >= 0.3 is 0 Å². The van der Waals surface area contributed by atoms with E-state index in [1.165, 1.54) is 56.7 Å². The standard InChI is InChI=1S/C18H25N3/c1-20-15-11-19-18(20)17-9-13-21(14-10-17)12-5-8-16-6-3-2-4-7-16/h2-4,6-7,11,15,17H,5,8-10,12-14H2,1H3. The molecule has 112 valence electrons. The number of nitrogens with zero attached hydrogens (tertiary/aromatic N) is 3. The van der Waals surface area contributed by atoms with Crippen molar-refractivity contribution in [2.75, 3.05) is 19.6 Å². The minimum atomic E-state index is 0.648. The van der Waals surface area contributed by atoms with Crippen molar-refractivity contribution in [3.05, 3.63) is 54.1 Å². The van der Waals surface area contributed by atoms with E-state index in [9.17, 15) is 0 Å². The van der Waals surface area contributed by atoms with Crippen LogP contribution in [0.4, 0.5) is 0 Å². The summed E-state index contributed by atoms with van der Waals surface area (Å²) in [6, 6.07) is 10.8. The third-order valence-corrected chi connectivity index (χ3v) is 4.59. The summed E-state index contributed by atoms with van der Waals surface area (Å²) in [7, 11) is 2.11. The van der Waals surface area contributed by atoms with Gasteiger partial charge in [-0.1, -0.05) is 30.3 Å². The fourth-order valence-corrected chi connectivity index (χ4v) is 3.34. The smallest absolute Gasteiger partial charge is 0.111 e. The SMILES string of the molecule is Cn1ccnc1C1CCN(CCCc2ccccc2)CC1. The molecule has 0 aliphatic carbocycles. The highest BCUT2D eigenvalue weighted by Gasteiger charge is 2.22. The Morgan fingerprint density at radius 3 is 2.57 bits per heavy atom. The third-order valence-electron chi connectivity index (χ3n) is 4.59. The van der Waals surface area contributed by atoms with E-state index in [1.807, 2.05) is 6.20 Å². The molecule has 0 N–H and O–H groups in total. The lowest BCUT2D eigenvalue weighted by Crippen LogP contribution is -2.34. The number of piperidine rings is 1. The van der Waals surface area contributed by atoms with Crippen LogP contribution in [0.5, 0.6) is 0 Å². The van der Waals surface area contributed by atoms with Crippen LogP contribution >= 0.6 is 0 Å². The molecule has 0 saturated carbocycles. The molecule has 3 nitrogen and oxygen atoms in total. The number of hydrogen-bond acceptors (Lipinski definition) is 2. The van der Waals surface area contributed by atoms with Gasteiger partial charge < -0.3 is 9.47 Å². The summed E-state index contributed by atoms with van der Waals surface area (Å²) in [5, 5.41) is 0. The molecule has 0 spiro atoms. The molecule has 1 aromatic heterocycles. The lowest BCUT2D eigenvalue weighted by molar-refractivity contribution is 0.206. The van der Waals surface area contributed by atoms with Crippen LogP contribution in [0.25, 0.3) is 0 Å². The van der Waals surface area contributed by atoms with E-state index in [0.717, 1.165) is 0 Å². The predicted molar refractivity (Wildman–Crippen MR) is 86.4 cm³/mol. The van der Waals surface area contributed by atoms with Gasteiger partial charge in [0.1, 0.15) is 5.82 Å². The van der Waals surface area contributed by atoms with Crippen molar-refractivity contribution in [1.29, 1.82) is 0 Å². The number of benzene rings is 1. The molecule has 0 radical (unpaired) electrons. The monoisotopic (exact) mass is 283 g/mol. The number of imidazole rings is 1. The van der Waals surface area contributed by atoms with Crippen molar-refractivity contribution in [1.82, 2.24) is 14.5 Å². The summed E-state index contributed by atoms with van der Waals surface area (Å²) < 4.78 is 2.18. The maximum atomic E-state index is 4.51. The molecule has 0 unspecified atom stereocenters. The number of rotatable bonds is 5. The highest BCUT2D eigenvalue weighted by Crippen LogP contribution is 2.26. The van der Waals surface area contributed by atoms with Crippen LogP contribution in [0.3, 0.4) is 0 Å². The summed E-state index contributed by atoms with van der Waals surface area (Å²) in [6.45, 7) is 3.65. The normalized spacial score (nSPS) is 17.2. The van der Waals surface area contributed by atoms with Gasteiger partial charge in [0, 0.05) is 25.4 Å². The molecule has 3 rings (SSSR count). The van der Waals surface area contributed by atoms with Gasteiger partial charge in [0.15, 0.2) is 0 Å². The number of hydrogen-bond donors (Lipinski definition) is 0. The van der Waals surface area contributed by atoms with Gasteiger partial charge in [-0.05, 0) is 50.9 Å². The summed E-state index contributed by atoms with van der Waals surface area (Å²) in [4.78, 5) is 7.12. The maximum absolute atomic E-state index is 4.51. The summed E-state index contributed by atoms with van der Waals surface area (Å²) in [6.07, 6.45) is 8.92. The zero-order valence-electron chi connectivity index (χ0n) is 12.9. The molecular weight excluding hydrogens is 258 g/mol. The van der Waals surface area contributed by atoms with Gasteiger partial charge in [-0.15, -0.1) is 0 Å². The van der Waals surface area contributed by atoms with Gasteiger partial charge in [-0.25, -0.2) is 4.98 Å². The molecule has 2 aromatic rings. The van der Waals surface area contributed by atoms with Gasteiger partial charge in [0.05, 0.1) is 0 Å². The topological polar surface area (TPSA) is 21.1 Å². The first-order chi connectivity index (χ1) is 10.3. The van der Waals surface area contributed by atoms with Gasteiger partial charge in [-0.3, -0.25) is 0 Å². The Kier molecular flexibility index (Phi) is 4.71. The molecule has 1 fully saturated rings.